The van der Waals surface area contributed by atoms with Gasteiger partial charge >= 0.3 is 39.5 Å². The molecule has 0 saturated carbocycles. The van der Waals surface area contributed by atoms with Gasteiger partial charge in [-0.3, -0.25) is 37.3 Å². The Bertz CT molecular complexity index is 1900. The third kappa shape index (κ3) is 70.9. The maximum atomic E-state index is 13.1. The third-order valence-electron chi connectivity index (χ3n) is 18.4. The van der Waals surface area contributed by atoms with Gasteiger partial charge in [-0.25, -0.2) is 9.13 Å². The molecule has 0 rings (SSSR count). The van der Waals surface area contributed by atoms with Crippen molar-refractivity contribution >= 4 is 39.5 Å². The molecule has 0 saturated heterocycles. The minimum absolute atomic E-state index is 0.105. The minimum atomic E-state index is -4.96. The normalized spacial score (nSPS) is 14.4. The molecule has 6 atom stereocenters. The Hall–Kier alpha value is -1.94. The SMILES string of the molecule is CCC(C)CCCCCCCCCCCCCCCCCCCCC(=O)OC[C@H](COP(=O)(O)OC[C@@H](O)COP(=O)(O)OC[C@@H](COC(=O)CCCCCCCCC(C)C)OC(=O)CCCCCCCCCCCCCC(C)C)OC(=O)CCCCCCCCCCCC(C)C. The second-order valence-electron chi connectivity index (χ2n) is 29.8. The molecule has 3 unspecified atom stereocenters. The molecule has 0 aromatic carbocycles. The maximum Gasteiger partial charge on any atom is 0.472 e. The van der Waals surface area contributed by atoms with E-state index in [0.29, 0.717) is 31.6 Å². The van der Waals surface area contributed by atoms with Crippen LogP contribution in [0.2, 0.25) is 0 Å². The molecule has 0 fully saturated rings. The molecular weight excluding hydrogens is 1270 g/mol. The van der Waals surface area contributed by atoms with Crippen molar-refractivity contribution in [2.24, 2.45) is 23.7 Å². The highest BCUT2D eigenvalue weighted by atomic mass is 31.2. The van der Waals surface area contributed by atoms with Gasteiger partial charge in [0, 0.05) is 25.7 Å². The van der Waals surface area contributed by atoms with Crippen molar-refractivity contribution in [1.29, 1.82) is 0 Å². The smallest absolute Gasteiger partial charge is 0.462 e. The molecule has 0 heterocycles. The maximum absolute atomic E-state index is 13.1. The molecule has 0 aromatic heterocycles. The number of ether oxygens (including phenoxy) is 4. The quantitative estimate of drug-likeness (QED) is 0.0222. The number of hydrogen-bond acceptors (Lipinski definition) is 15. The Kier molecular flexibility index (Phi) is 65.9. The summed E-state index contributed by atoms with van der Waals surface area (Å²) in [6.45, 7) is 14.2. The number of carbonyl (C=O) groups is 4. The van der Waals surface area contributed by atoms with E-state index in [4.69, 9.17) is 37.0 Å². The van der Waals surface area contributed by atoms with E-state index in [1.54, 1.807) is 0 Å². The van der Waals surface area contributed by atoms with E-state index in [2.05, 4.69) is 55.4 Å². The molecule has 3 N–H and O–H groups in total. The fourth-order valence-corrected chi connectivity index (χ4v) is 13.5. The molecule has 0 aliphatic carbocycles. The van der Waals surface area contributed by atoms with Crippen LogP contribution in [-0.2, 0) is 65.4 Å². The highest BCUT2D eigenvalue weighted by Gasteiger charge is 2.30. The molecule has 0 amide bonds. The lowest BCUT2D eigenvalue weighted by molar-refractivity contribution is -0.161. The van der Waals surface area contributed by atoms with Gasteiger partial charge in [0.1, 0.15) is 19.3 Å². The van der Waals surface area contributed by atoms with Crippen molar-refractivity contribution in [3.63, 3.8) is 0 Å². The lowest BCUT2D eigenvalue weighted by atomic mass is 9.99. The zero-order valence-electron chi connectivity index (χ0n) is 63.7. The molecule has 0 aromatic rings. The molecule has 0 aliphatic heterocycles. The van der Waals surface area contributed by atoms with E-state index in [1.807, 2.05) is 0 Å². The van der Waals surface area contributed by atoms with Gasteiger partial charge in [0.25, 0.3) is 0 Å². The van der Waals surface area contributed by atoms with E-state index in [1.165, 1.54) is 193 Å². The van der Waals surface area contributed by atoms with Gasteiger partial charge in [-0.1, -0.05) is 344 Å². The van der Waals surface area contributed by atoms with Crippen LogP contribution in [-0.4, -0.2) is 96.7 Å². The first kappa shape index (κ1) is 95.1. The van der Waals surface area contributed by atoms with Crippen molar-refractivity contribution in [2.75, 3.05) is 39.6 Å². The molecule has 0 aliphatic rings. The first-order valence-electron chi connectivity index (χ1n) is 40.2. The zero-order valence-corrected chi connectivity index (χ0v) is 65.5. The van der Waals surface area contributed by atoms with Crippen molar-refractivity contribution < 1.29 is 80.2 Å². The lowest BCUT2D eigenvalue weighted by Gasteiger charge is -2.21. The van der Waals surface area contributed by atoms with Crippen LogP contribution in [0.25, 0.3) is 0 Å². The number of rotatable bonds is 75. The Morgan fingerprint density at radius 3 is 0.732 bits per heavy atom. The van der Waals surface area contributed by atoms with Crippen molar-refractivity contribution in [3.8, 4) is 0 Å². The summed E-state index contributed by atoms with van der Waals surface area (Å²) in [4.78, 5) is 72.8. The van der Waals surface area contributed by atoms with Crippen LogP contribution in [0.4, 0.5) is 0 Å². The van der Waals surface area contributed by atoms with E-state index in [-0.39, 0.29) is 25.7 Å². The number of aliphatic hydroxyl groups excluding tert-OH is 1. The summed E-state index contributed by atoms with van der Waals surface area (Å²) >= 11 is 0. The number of unbranched alkanes of at least 4 members (excludes halogenated alkanes) is 40. The van der Waals surface area contributed by atoms with Gasteiger partial charge in [-0.15, -0.1) is 0 Å². The average molecular weight is 1420 g/mol. The van der Waals surface area contributed by atoms with Gasteiger partial charge in [0.2, 0.25) is 0 Å². The number of phosphoric acid groups is 2. The topological polar surface area (TPSA) is 237 Å². The zero-order chi connectivity index (χ0) is 71.7. The molecule has 0 bridgehead atoms. The predicted molar refractivity (Wildman–Crippen MR) is 395 cm³/mol. The van der Waals surface area contributed by atoms with Crippen molar-refractivity contribution in [2.45, 2.75) is 414 Å². The summed E-state index contributed by atoms with van der Waals surface area (Å²) in [5.74, 6) is 0.933. The molecule has 0 spiro atoms. The van der Waals surface area contributed by atoms with Crippen LogP contribution < -0.4 is 0 Å². The molecule has 17 nitrogen and oxygen atoms in total. The second kappa shape index (κ2) is 67.2. The van der Waals surface area contributed by atoms with Crippen molar-refractivity contribution in [1.82, 2.24) is 0 Å². The van der Waals surface area contributed by atoms with Gasteiger partial charge in [-0.05, 0) is 49.4 Å². The summed E-state index contributed by atoms with van der Waals surface area (Å²) in [5.41, 5.74) is 0. The predicted octanol–water partition coefficient (Wildman–Crippen LogP) is 22.8. The molecule has 0 radical (unpaired) electrons. The van der Waals surface area contributed by atoms with Crippen LogP contribution in [0.15, 0.2) is 0 Å². The molecule has 97 heavy (non-hydrogen) atoms. The van der Waals surface area contributed by atoms with E-state index in [0.717, 1.165) is 114 Å². The van der Waals surface area contributed by atoms with Crippen LogP contribution in [0, 0.1) is 23.7 Å². The first-order valence-corrected chi connectivity index (χ1v) is 43.2. The summed E-state index contributed by atoms with van der Waals surface area (Å²) in [7, 11) is -9.91. The van der Waals surface area contributed by atoms with Crippen LogP contribution >= 0.6 is 15.6 Å². The summed E-state index contributed by atoms with van der Waals surface area (Å²) in [5, 5.41) is 10.6. The minimum Gasteiger partial charge on any atom is -0.462 e. The van der Waals surface area contributed by atoms with E-state index < -0.39 is 97.5 Å². The van der Waals surface area contributed by atoms with Gasteiger partial charge < -0.3 is 33.8 Å². The number of carbonyl (C=O) groups excluding carboxylic acids is 4. The number of phosphoric ester groups is 2. The Morgan fingerprint density at radius 2 is 0.495 bits per heavy atom. The van der Waals surface area contributed by atoms with Gasteiger partial charge in [0.15, 0.2) is 12.2 Å². The summed E-state index contributed by atoms with van der Waals surface area (Å²) in [6.07, 6.45) is 53.0. The first-order chi connectivity index (χ1) is 46.6. The Morgan fingerprint density at radius 1 is 0.289 bits per heavy atom. The Balaban J connectivity index is 5.15. The Labute approximate surface area is 594 Å². The number of aliphatic hydroxyl groups is 1. The summed E-state index contributed by atoms with van der Waals surface area (Å²) < 4.78 is 68.5. The van der Waals surface area contributed by atoms with Gasteiger partial charge in [-0.2, -0.15) is 0 Å². The van der Waals surface area contributed by atoms with Crippen LogP contribution in [0.3, 0.4) is 0 Å². The second-order valence-corrected chi connectivity index (χ2v) is 32.7. The van der Waals surface area contributed by atoms with E-state index >= 15 is 0 Å². The number of hydrogen-bond donors (Lipinski definition) is 3. The number of esters is 4. The highest BCUT2D eigenvalue weighted by Crippen LogP contribution is 2.45. The largest absolute Gasteiger partial charge is 0.472 e. The van der Waals surface area contributed by atoms with Crippen molar-refractivity contribution in [3.05, 3.63) is 0 Å². The third-order valence-corrected chi connectivity index (χ3v) is 20.3. The van der Waals surface area contributed by atoms with Crippen LogP contribution in [0.5, 0.6) is 0 Å². The molecular formula is C78H152O17P2. The molecule has 19 heteroatoms. The fourth-order valence-electron chi connectivity index (χ4n) is 11.9. The molecule has 576 valence electrons. The highest BCUT2D eigenvalue weighted by molar-refractivity contribution is 7.47. The van der Waals surface area contributed by atoms with E-state index in [9.17, 15) is 43.2 Å². The lowest BCUT2D eigenvalue weighted by Crippen LogP contribution is -2.30. The summed E-state index contributed by atoms with van der Waals surface area (Å²) in [6, 6.07) is 0. The fraction of sp³-hybridized carbons (Fsp3) is 0.949. The average Bonchev–Trinajstić information content (AvgIpc) is 1.31. The monoisotopic (exact) mass is 1420 g/mol. The van der Waals surface area contributed by atoms with Gasteiger partial charge in [0.05, 0.1) is 26.4 Å². The standard InChI is InChI=1S/C78H152O17P2/c1-9-71(8)57-49-41-32-26-20-16-14-12-10-11-13-15-17-21-27-33-42-50-58-75(80)88-64-73(94-78(83)61-53-45-35-29-23-25-31-39-47-55-69(4)5)66-92-96(84,85)90-62-72(79)63-91-97(86,87)93-67-74(65-89-76(81)59-51-43-37-36-40-48-56-70(6)7)95-77(82)60-52-44-34-28-22-18-19-24-30-38-46-54-68(2)3/h68-74,79H,9-67H2,1-8H3,(H,84,85)(H,86,87)/t71?,72-,73-,74-/m1/s1. The van der Waals surface area contributed by atoms with Crippen LogP contribution in [0.1, 0.15) is 396 Å².